The maximum absolute atomic E-state index is 14.4. The number of halogens is 2. The molecule has 0 radical (unpaired) electrons. The molecule has 1 fully saturated rings. The van der Waals surface area contributed by atoms with Crippen molar-refractivity contribution in [1.82, 2.24) is 5.32 Å². The number of carbonyl (C=O) groups is 2. The van der Waals surface area contributed by atoms with Crippen molar-refractivity contribution >= 4 is 11.8 Å². The normalized spacial score (nSPS) is 37.2. The molecule has 1 aliphatic heterocycles. The Hall–Kier alpha value is -1.20. The molecule has 0 spiro atoms. The fraction of sp³-hybridized carbons (Fsp3) is 0.846. The standard InChI is InChI=1S/C13H21F2NO7/c1-5(18)3-6-8(16-2)11(14)13(15,12(21)22)23-10(6)9(20)7(19)4-17/h6-11,16-17,19-20H,3-4H2,1-2H3,(H,21,22)/t6-,7-,8+,9-,10?,11?,13-/m1/s1. The number of hydrogen-bond donors (Lipinski definition) is 5. The Morgan fingerprint density at radius 3 is 2.35 bits per heavy atom. The van der Waals surface area contributed by atoms with Gasteiger partial charge in [-0.25, -0.2) is 9.18 Å². The van der Waals surface area contributed by atoms with Gasteiger partial charge in [0.15, 0.2) is 6.17 Å². The zero-order valence-corrected chi connectivity index (χ0v) is 12.6. The first-order valence-corrected chi connectivity index (χ1v) is 6.98. The fourth-order valence-corrected chi connectivity index (χ4v) is 2.76. The lowest BCUT2D eigenvalue weighted by Crippen LogP contribution is -2.68. The van der Waals surface area contributed by atoms with Crippen LogP contribution >= 0.6 is 0 Å². The first-order chi connectivity index (χ1) is 10.6. The molecule has 1 rings (SSSR count). The number of carboxylic acid groups (broad SMARTS) is 1. The SMILES string of the molecule is CN[C@@H]1C(F)[C@](F)(C(=O)O)OC([C@H](O)[C@H](O)CO)[C@@H]1CC(C)=O. The molecule has 0 amide bonds. The van der Waals surface area contributed by atoms with Gasteiger partial charge in [-0.05, 0) is 14.0 Å². The van der Waals surface area contributed by atoms with Gasteiger partial charge >= 0.3 is 11.8 Å². The molecule has 7 atom stereocenters. The van der Waals surface area contributed by atoms with Crippen LogP contribution in [0.15, 0.2) is 0 Å². The highest BCUT2D eigenvalue weighted by Crippen LogP contribution is 2.40. The van der Waals surface area contributed by atoms with Crippen LogP contribution in [0.2, 0.25) is 0 Å². The number of carbonyl (C=O) groups excluding carboxylic acids is 1. The Labute approximate surface area is 131 Å². The van der Waals surface area contributed by atoms with Crippen LogP contribution in [-0.4, -0.2) is 82.2 Å². The number of aliphatic carboxylic acids is 1. The molecule has 134 valence electrons. The monoisotopic (exact) mass is 341 g/mol. The van der Waals surface area contributed by atoms with Gasteiger partial charge < -0.3 is 35.3 Å². The summed E-state index contributed by atoms with van der Waals surface area (Å²) in [5, 5.41) is 39.7. The summed E-state index contributed by atoms with van der Waals surface area (Å²) in [6.07, 6.45) is -8.40. The Bertz CT molecular complexity index is 452. The third-order valence-corrected chi connectivity index (χ3v) is 3.93. The van der Waals surface area contributed by atoms with Gasteiger partial charge in [-0.2, -0.15) is 4.39 Å². The topological polar surface area (TPSA) is 136 Å². The Morgan fingerprint density at radius 1 is 1.39 bits per heavy atom. The Kier molecular flexibility index (Phi) is 6.54. The first kappa shape index (κ1) is 19.8. The summed E-state index contributed by atoms with van der Waals surface area (Å²) in [6, 6.07) is -1.46. The van der Waals surface area contributed by atoms with E-state index in [1.807, 2.05) is 0 Å². The molecule has 1 heterocycles. The van der Waals surface area contributed by atoms with E-state index >= 15 is 0 Å². The number of aliphatic hydroxyl groups is 3. The van der Waals surface area contributed by atoms with Crippen LogP contribution in [0.4, 0.5) is 8.78 Å². The van der Waals surface area contributed by atoms with Crippen LogP contribution in [0, 0.1) is 5.92 Å². The molecule has 0 bridgehead atoms. The molecule has 0 saturated carbocycles. The van der Waals surface area contributed by atoms with Crippen LogP contribution in [-0.2, 0) is 14.3 Å². The number of Topliss-reactive ketones (excluding diaryl/α,β-unsaturated/α-hetero) is 1. The molecule has 1 aliphatic rings. The molecule has 10 heteroatoms. The summed E-state index contributed by atoms with van der Waals surface area (Å²) in [6.45, 7) is 0.268. The van der Waals surface area contributed by atoms with Crippen molar-refractivity contribution in [2.75, 3.05) is 13.7 Å². The summed E-state index contributed by atoms with van der Waals surface area (Å²) < 4.78 is 33.4. The lowest BCUT2D eigenvalue weighted by molar-refractivity contribution is -0.286. The Morgan fingerprint density at radius 2 is 1.96 bits per heavy atom. The van der Waals surface area contributed by atoms with E-state index in [-0.39, 0.29) is 6.42 Å². The molecule has 0 aliphatic carbocycles. The zero-order chi connectivity index (χ0) is 17.9. The number of carboxylic acids is 1. The van der Waals surface area contributed by atoms with Gasteiger partial charge in [0, 0.05) is 12.3 Å². The van der Waals surface area contributed by atoms with E-state index < -0.39 is 60.7 Å². The van der Waals surface area contributed by atoms with E-state index in [1.54, 1.807) is 0 Å². The number of ketones is 1. The highest BCUT2D eigenvalue weighted by atomic mass is 19.2. The number of ether oxygens (including phenoxy) is 1. The van der Waals surface area contributed by atoms with Crippen molar-refractivity contribution in [3.8, 4) is 0 Å². The van der Waals surface area contributed by atoms with Gasteiger partial charge in [-0.15, -0.1) is 0 Å². The largest absolute Gasteiger partial charge is 0.477 e. The van der Waals surface area contributed by atoms with Gasteiger partial charge in [0.2, 0.25) is 0 Å². The van der Waals surface area contributed by atoms with Crippen molar-refractivity contribution < 1.29 is 43.5 Å². The van der Waals surface area contributed by atoms with Crippen LogP contribution in [0.1, 0.15) is 13.3 Å². The van der Waals surface area contributed by atoms with Crippen molar-refractivity contribution in [1.29, 1.82) is 0 Å². The molecule has 8 nitrogen and oxygen atoms in total. The maximum Gasteiger partial charge on any atom is 0.372 e. The quantitative estimate of drug-likeness (QED) is 0.372. The molecular formula is C13H21F2NO7. The minimum atomic E-state index is -3.76. The predicted octanol–water partition coefficient (Wildman–Crippen LogP) is -1.63. The van der Waals surface area contributed by atoms with Gasteiger partial charge in [0.25, 0.3) is 0 Å². The molecular weight excluding hydrogens is 320 g/mol. The molecule has 23 heavy (non-hydrogen) atoms. The van der Waals surface area contributed by atoms with Crippen LogP contribution in [0.25, 0.3) is 0 Å². The van der Waals surface area contributed by atoms with Crippen molar-refractivity contribution in [3.05, 3.63) is 0 Å². The van der Waals surface area contributed by atoms with Gasteiger partial charge in [-0.1, -0.05) is 0 Å². The van der Waals surface area contributed by atoms with Crippen molar-refractivity contribution in [2.24, 2.45) is 5.92 Å². The van der Waals surface area contributed by atoms with E-state index in [0.29, 0.717) is 0 Å². The lowest BCUT2D eigenvalue weighted by Gasteiger charge is -2.47. The van der Waals surface area contributed by atoms with Crippen molar-refractivity contribution in [2.45, 2.75) is 49.7 Å². The van der Waals surface area contributed by atoms with Crippen molar-refractivity contribution in [3.63, 3.8) is 0 Å². The fourth-order valence-electron chi connectivity index (χ4n) is 2.76. The minimum absolute atomic E-state index is 0.346. The molecule has 1 saturated heterocycles. The zero-order valence-electron chi connectivity index (χ0n) is 12.6. The Balaban J connectivity index is 3.28. The summed E-state index contributed by atoms with van der Waals surface area (Å²) in [7, 11) is 1.24. The van der Waals surface area contributed by atoms with E-state index in [1.165, 1.54) is 14.0 Å². The second-order valence-corrected chi connectivity index (χ2v) is 5.56. The van der Waals surface area contributed by atoms with Crippen LogP contribution in [0.3, 0.4) is 0 Å². The number of aliphatic hydroxyl groups excluding tert-OH is 3. The average Bonchev–Trinajstić information content (AvgIpc) is 2.48. The molecule has 0 aromatic heterocycles. The molecule has 2 unspecified atom stereocenters. The van der Waals surface area contributed by atoms with Crippen LogP contribution < -0.4 is 5.32 Å². The number of rotatable bonds is 7. The highest BCUT2D eigenvalue weighted by molar-refractivity contribution is 5.78. The summed E-state index contributed by atoms with van der Waals surface area (Å²) >= 11 is 0. The minimum Gasteiger partial charge on any atom is -0.477 e. The highest BCUT2D eigenvalue weighted by Gasteiger charge is 2.62. The summed E-state index contributed by atoms with van der Waals surface area (Å²) in [5.41, 5.74) is 0. The number of hydrogen-bond acceptors (Lipinski definition) is 7. The van der Waals surface area contributed by atoms with E-state index in [4.69, 9.17) is 10.2 Å². The van der Waals surface area contributed by atoms with E-state index in [2.05, 4.69) is 10.1 Å². The summed E-state index contributed by atoms with van der Waals surface area (Å²) in [5.74, 6) is -7.57. The lowest BCUT2D eigenvalue weighted by atomic mass is 9.78. The maximum atomic E-state index is 14.4. The third-order valence-electron chi connectivity index (χ3n) is 3.93. The molecule has 0 aromatic rings. The molecule has 0 aromatic carbocycles. The smallest absolute Gasteiger partial charge is 0.372 e. The number of alkyl halides is 2. The van der Waals surface area contributed by atoms with Gasteiger partial charge in [0.05, 0.1) is 18.8 Å². The predicted molar refractivity (Wildman–Crippen MR) is 72.0 cm³/mol. The number of nitrogens with one attached hydrogen (secondary N) is 1. The van der Waals surface area contributed by atoms with E-state index in [9.17, 15) is 28.6 Å². The summed E-state index contributed by atoms with van der Waals surface area (Å²) in [4.78, 5) is 22.4. The average molecular weight is 341 g/mol. The van der Waals surface area contributed by atoms with Gasteiger partial charge in [0.1, 0.15) is 18.0 Å². The second-order valence-electron chi connectivity index (χ2n) is 5.56. The second kappa shape index (κ2) is 7.58. The van der Waals surface area contributed by atoms with E-state index in [0.717, 1.165) is 0 Å². The van der Waals surface area contributed by atoms with Gasteiger partial charge in [-0.3, -0.25) is 0 Å². The molecule has 5 N–H and O–H groups in total. The van der Waals surface area contributed by atoms with Crippen LogP contribution in [0.5, 0.6) is 0 Å². The first-order valence-electron chi connectivity index (χ1n) is 6.98. The third kappa shape index (κ3) is 3.83.